The van der Waals surface area contributed by atoms with Gasteiger partial charge in [0.25, 0.3) is 5.91 Å². The van der Waals surface area contributed by atoms with E-state index < -0.39 is 6.04 Å². The van der Waals surface area contributed by atoms with Crippen molar-refractivity contribution in [2.24, 2.45) is 5.84 Å². The lowest BCUT2D eigenvalue weighted by Gasteiger charge is -2.16. The summed E-state index contributed by atoms with van der Waals surface area (Å²) in [6.45, 7) is 0. The average molecular weight is 253 g/mol. The Balaban J connectivity index is 2.26. The summed E-state index contributed by atoms with van der Waals surface area (Å²) in [5.41, 5.74) is 3.22. The third-order valence-electron chi connectivity index (χ3n) is 2.36. The van der Waals surface area contributed by atoms with Crippen LogP contribution in [-0.4, -0.2) is 16.3 Å². The Morgan fingerprint density at radius 3 is 2.75 bits per heavy atom. The van der Waals surface area contributed by atoms with Crippen LogP contribution in [0.3, 0.4) is 0 Å². The second-order valence-corrected chi connectivity index (χ2v) is 5.19. The average Bonchev–Trinajstić information content (AvgIpc) is 2.71. The summed E-state index contributed by atoms with van der Waals surface area (Å²) in [4.78, 5) is 11.6. The van der Waals surface area contributed by atoms with Crippen molar-refractivity contribution < 1.29 is 4.79 Å². The molecule has 2 atom stereocenters. The summed E-state index contributed by atoms with van der Waals surface area (Å²) in [5, 5.41) is 2.94. The van der Waals surface area contributed by atoms with Crippen molar-refractivity contribution in [1.29, 1.82) is 0 Å². The zero-order valence-electron chi connectivity index (χ0n) is 8.34. The van der Waals surface area contributed by atoms with Gasteiger partial charge in [-0.3, -0.25) is 10.2 Å². The van der Waals surface area contributed by atoms with E-state index in [1.54, 1.807) is 0 Å². The van der Waals surface area contributed by atoms with Crippen LogP contribution in [-0.2, 0) is 4.79 Å². The standard InChI is InChI=1S/C10H11N3OS2/c11-13-9(14)7-8(16-10(15)12-7)6-4-2-1-3-5-6/h1-5,7-8H,11H2,(H,12,15)(H,13,14). The molecule has 6 heteroatoms. The third-order valence-corrected chi connectivity index (χ3v) is 3.90. The molecule has 1 saturated heterocycles. The van der Waals surface area contributed by atoms with Gasteiger partial charge in [-0.2, -0.15) is 0 Å². The molecule has 1 fully saturated rings. The number of nitrogens with one attached hydrogen (secondary N) is 2. The Labute approximate surface area is 103 Å². The number of benzene rings is 1. The zero-order valence-corrected chi connectivity index (χ0v) is 9.98. The van der Waals surface area contributed by atoms with E-state index >= 15 is 0 Å². The highest BCUT2D eigenvalue weighted by atomic mass is 32.2. The molecule has 0 aromatic heterocycles. The van der Waals surface area contributed by atoms with Crippen molar-refractivity contribution in [3.63, 3.8) is 0 Å². The van der Waals surface area contributed by atoms with Crippen LogP contribution in [0.1, 0.15) is 10.8 Å². The predicted molar refractivity (Wildman–Crippen MR) is 68.6 cm³/mol. The topological polar surface area (TPSA) is 67.1 Å². The molecule has 4 N–H and O–H groups in total. The number of nitrogens with two attached hydrogens (primary N) is 1. The number of hydrazine groups is 1. The van der Waals surface area contributed by atoms with E-state index in [2.05, 4.69) is 10.7 Å². The first-order valence-corrected chi connectivity index (χ1v) is 6.03. The monoisotopic (exact) mass is 253 g/mol. The van der Waals surface area contributed by atoms with Crippen LogP contribution in [0.5, 0.6) is 0 Å². The van der Waals surface area contributed by atoms with Gasteiger partial charge >= 0.3 is 0 Å². The van der Waals surface area contributed by atoms with E-state index in [4.69, 9.17) is 18.1 Å². The number of rotatable bonds is 2. The number of carbonyl (C=O) groups excluding carboxylic acids is 1. The van der Waals surface area contributed by atoms with Crippen LogP contribution in [0.15, 0.2) is 30.3 Å². The molecule has 0 radical (unpaired) electrons. The lowest BCUT2D eigenvalue weighted by Crippen LogP contribution is -2.46. The fourth-order valence-electron chi connectivity index (χ4n) is 1.62. The molecule has 1 aromatic rings. The van der Waals surface area contributed by atoms with Gasteiger partial charge in [0.2, 0.25) is 0 Å². The van der Waals surface area contributed by atoms with Gasteiger partial charge in [-0.15, -0.1) is 0 Å². The Hall–Kier alpha value is -1.11. The molecule has 0 spiro atoms. The molecule has 2 unspecified atom stereocenters. The van der Waals surface area contributed by atoms with E-state index in [0.29, 0.717) is 4.32 Å². The van der Waals surface area contributed by atoms with Crippen molar-refractivity contribution in [2.45, 2.75) is 11.3 Å². The van der Waals surface area contributed by atoms with Gasteiger partial charge in [0.05, 0.1) is 5.25 Å². The number of hydrogen-bond donors (Lipinski definition) is 3. The largest absolute Gasteiger partial charge is 0.358 e. The molecule has 84 valence electrons. The first kappa shape index (κ1) is 11.4. The number of hydrogen-bond acceptors (Lipinski definition) is 4. The highest BCUT2D eigenvalue weighted by molar-refractivity contribution is 8.23. The van der Waals surface area contributed by atoms with Crippen molar-refractivity contribution >= 4 is 34.2 Å². The minimum absolute atomic E-state index is 0.0164. The fourth-order valence-corrected chi connectivity index (χ4v) is 3.10. The Bertz CT molecular complexity index is 410. The molecule has 0 aliphatic carbocycles. The van der Waals surface area contributed by atoms with Crippen LogP contribution in [0.4, 0.5) is 0 Å². The molecule has 4 nitrogen and oxygen atoms in total. The van der Waals surface area contributed by atoms with Gasteiger partial charge in [0.15, 0.2) is 0 Å². The van der Waals surface area contributed by atoms with E-state index in [1.807, 2.05) is 30.3 Å². The number of thioether (sulfide) groups is 1. The van der Waals surface area contributed by atoms with Crippen LogP contribution >= 0.6 is 24.0 Å². The molecule has 1 aromatic carbocycles. The summed E-state index contributed by atoms with van der Waals surface area (Å²) in [6, 6.07) is 9.37. The number of carbonyl (C=O) groups is 1. The molecule has 1 aliphatic heterocycles. The van der Waals surface area contributed by atoms with E-state index in [-0.39, 0.29) is 11.2 Å². The second kappa shape index (κ2) is 4.82. The highest BCUT2D eigenvalue weighted by Gasteiger charge is 2.36. The maximum absolute atomic E-state index is 11.6. The summed E-state index contributed by atoms with van der Waals surface area (Å²) >= 11 is 6.55. The quantitative estimate of drug-likeness (QED) is 0.313. The van der Waals surface area contributed by atoms with Gasteiger partial charge < -0.3 is 5.32 Å². The molecule has 16 heavy (non-hydrogen) atoms. The Kier molecular flexibility index (Phi) is 3.42. The Morgan fingerprint density at radius 1 is 1.44 bits per heavy atom. The van der Waals surface area contributed by atoms with E-state index in [0.717, 1.165) is 5.56 Å². The van der Waals surface area contributed by atoms with Gasteiger partial charge in [-0.1, -0.05) is 54.3 Å². The molecule has 1 amide bonds. The summed E-state index contributed by atoms with van der Waals surface area (Å²) in [5.74, 6) is 4.90. The Morgan fingerprint density at radius 2 is 2.12 bits per heavy atom. The summed E-state index contributed by atoms with van der Waals surface area (Å²) < 4.78 is 0.627. The minimum Gasteiger partial charge on any atom is -0.358 e. The van der Waals surface area contributed by atoms with Crippen LogP contribution in [0.25, 0.3) is 0 Å². The van der Waals surface area contributed by atoms with E-state index in [1.165, 1.54) is 11.8 Å². The van der Waals surface area contributed by atoms with Gasteiger partial charge in [0.1, 0.15) is 10.4 Å². The highest BCUT2D eigenvalue weighted by Crippen LogP contribution is 2.37. The molecule has 2 rings (SSSR count). The number of thiocarbonyl (C=S) groups is 1. The first-order chi connectivity index (χ1) is 7.72. The van der Waals surface area contributed by atoms with Crippen LogP contribution in [0.2, 0.25) is 0 Å². The van der Waals surface area contributed by atoms with E-state index in [9.17, 15) is 4.79 Å². The van der Waals surface area contributed by atoms with Crippen molar-refractivity contribution in [3.05, 3.63) is 35.9 Å². The predicted octanol–water partition coefficient (Wildman–Crippen LogP) is 0.707. The van der Waals surface area contributed by atoms with Crippen molar-refractivity contribution in [3.8, 4) is 0 Å². The molecule has 0 bridgehead atoms. The van der Waals surface area contributed by atoms with Gasteiger partial charge in [0, 0.05) is 0 Å². The smallest absolute Gasteiger partial charge is 0.257 e. The van der Waals surface area contributed by atoms with Gasteiger partial charge in [-0.05, 0) is 5.56 Å². The lowest BCUT2D eigenvalue weighted by atomic mass is 10.1. The maximum Gasteiger partial charge on any atom is 0.257 e. The van der Waals surface area contributed by atoms with Crippen LogP contribution in [0, 0.1) is 0 Å². The van der Waals surface area contributed by atoms with Crippen LogP contribution < -0.4 is 16.6 Å². The SMILES string of the molecule is NNC(=O)C1NC(=S)SC1c1ccccc1. The fraction of sp³-hybridized carbons (Fsp3) is 0.200. The molecule has 1 aliphatic rings. The first-order valence-electron chi connectivity index (χ1n) is 4.75. The third kappa shape index (κ3) is 2.18. The van der Waals surface area contributed by atoms with Crippen molar-refractivity contribution in [1.82, 2.24) is 10.7 Å². The lowest BCUT2D eigenvalue weighted by molar-refractivity contribution is -0.122. The molecular formula is C10H11N3OS2. The number of amides is 1. The summed E-state index contributed by atoms with van der Waals surface area (Å²) in [7, 11) is 0. The second-order valence-electron chi connectivity index (χ2n) is 3.37. The minimum atomic E-state index is -0.398. The molecular weight excluding hydrogens is 242 g/mol. The molecule has 1 heterocycles. The maximum atomic E-state index is 11.6. The molecule has 0 saturated carbocycles. The zero-order chi connectivity index (χ0) is 11.5. The van der Waals surface area contributed by atoms with Gasteiger partial charge in [-0.25, -0.2) is 5.84 Å². The normalized spacial score (nSPS) is 23.9. The summed E-state index contributed by atoms with van der Waals surface area (Å²) in [6.07, 6.45) is 0. The van der Waals surface area contributed by atoms with Crippen molar-refractivity contribution in [2.75, 3.05) is 0 Å².